The minimum absolute atomic E-state index is 0.0391. The van der Waals surface area contributed by atoms with E-state index < -0.39 is 5.60 Å². The van der Waals surface area contributed by atoms with Gasteiger partial charge in [0.15, 0.2) is 0 Å². The fourth-order valence-electron chi connectivity index (χ4n) is 3.05. The van der Waals surface area contributed by atoms with Crippen molar-refractivity contribution in [2.24, 2.45) is 0 Å². The summed E-state index contributed by atoms with van der Waals surface area (Å²) in [5.74, 6) is -0.112. The summed E-state index contributed by atoms with van der Waals surface area (Å²) in [6.45, 7) is 6.94. The zero-order valence-corrected chi connectivity index (χ0v) is 16.1. The molecule has 0 N–H and O–H groups in total. The van der Waals surface area contributed by atoms with Crippen LogP contribution < -0.4 is 0 Å². The van der Waals surface area contributed by atoms with Crippen LogP contribution in [0.3, 0.4) is 0 Å². The van der Waals surface area contributed by atoms with E-state index in [1.54, 1.807) is 24.4 Å². The fraction of sp³-hybridized carbons (Fsp3) is 0.650. The molecular formula is C20H30N2O4. The fourth-order valence-corrected chi connectivity index (χ4v) is 3.05. The Hall–Kier alpha value is -1.95. The Balaban J connectivity index is 1.71. The van der Waals surface area contributed by atoms with E-state index >= 15 is 0 Å². The molecule has 1 aliphatic rings. The quantitative estimate of drug-likeness (QED) is 0.544. The minimum atomic E-state index is -0.478. The van der Waals surface area contributed by atoms with Gasteiger partial charge in [0.25, 0.3) is 0 Å². The summed E-state index contributed by atoms with van der Waals surface area (Å²) in [6.07, 6.45) is 6.17. The molecule has 0 saturated carbocycles. The number of hydrogen-bond acceptors (Lipinski definition) is 5. The summed E-state index contributed by atoms with van der Waals surface area (Å²) < 4.78 is 11.0. The minimum Gasteiger partial charge on any atom is -0.444 e. The number of hydrogen-bond donors (Lipinski definition) is 0. The Morgan fingerprint density at radius 1 is 1.27 bits per heavy atom. The van der Waals surface area contributed by atoms with Crippen LogP contribution in [0.25, 0.3) is 0 Å². The van der Waals surface area contributed by atoms with E-state index in [1.807, 2.05) is 25.7 Å². The third kappa shape index (κ3) is 6.75. The van der Waals surface area contributed by atoms with Gasteiger partial charge >= 0.3 is 6.09 Å². The standard InChI is InChI=1S/C20H30N2O4/c1-20(2,3)26-19(24)22-13-7-5-9-16(22)10-8-14-25-15-18(23)17-11-4-6-12-21-17/h4,6,11-12,16H,5,7-10,13-15H2,1-3H3. The van der Waals surface area contributed by atoms with E-state index in [4.69, 9.17) is 9.47 Å². The summed E-state index contributed by atoms with van der Waals surface area (Å²) in [4.78, 5) is 30.2. The molecule has 1 fully saturated rings. The lowest BCUT2D eigenvalue weighted by molar-refractivity contribution is 0.00759. The molecule has 1 aliphatic heterocycles. The van der Waals surface area contributed by atoms with E-state index in [-0.39, 0.29) is 24.5 Å². The summed E-state index contributed by atoms with van der Waals surface area (Å²) in [7, 11) is 0. The molecule has 2 heterocycles. The van der Waals surface area contributed by atoms with Crippen molar-refractivity contribution in [2.75, 3.05) is 19.8 Å². The average Bonchev–Trinajstić information content (AvgIpc) is 2.61. The van der Waals surface area contributed by atoms with E-state index in [2.05, 4.69) is 4.98 Å². The molecule has 0 aromatic carbocycles. The number of rotatable bonds is 7. The highest BCUT2D eigenvalue weighted by Gasteiger charge is 2.30. The number of ether oxygens (including phenoxy) is 2. The maximum absolute atomic E-state index is 12.4. The maximum atomic E-state index is 12.4. The molecule has 0 spiro atoms. The predicted molar refractivity (Wildman–Crippen MR) is 99.2 cm³/mol. The van der Waals surface area contributed by atoms with E-state index in [9.17, 15) is 9.59 Å². The van der Waals surface area contributed by atoms with Gasteiger partial charge in [-0.1, -0.05) is 6.07 Å². The lowest BCUT2D eigenvalue weighted by Gasteiger charge is -2.36. The first kappa shape index (κ1) is 20.4. The zero-order chi connectivity index (χ0) is 19.0. The van der Waals surface area contributed by atoms with Crippen molar-refractivity contribution in [3.8, 4) is 0 Å². The predicted octanol–water partition coefficient (Wildman–Crippen LogP) is 3.85. The molecule has 0 bridgehead atoms. The van der Waals surface area contributed by atoms with Gasteiger partial charge in [-0.15, -0.1) is 0 Å². The Bertz CT molecular complexity index is 583. The van der Waals surface area contributed by atoms with Crippen LogP contribution in [0.2, 0.25) is 0 Å². The van der Waals surface area contributed by atoms with Crippen molar-refractivity contribution in [2.45, 2.75) is 64.5 Å². The number of piperidine rings is 1. The number of carbonyl (C=O) groups excluding carboxylic acids is 2. The van der Waals surface area contributed by atoms with Crippen LogP contribution in [0.15, 0.2) is 24.4 Å². The van der Waals surface area contributed by atoms with Gasteiger partial charge in [-0.3, -0.25) is 9.78 Å². The van der Waals surface area contributed by atoms with Crippen LogP contribution in [0, 0.1) is 0 Å². The van der Waals surface area contributed by atoms with Gasteiger partial charge in [0.2, 0.25) is 5.78 Å². The molecule has 1 aromatic rings. The second-order valence-corrected chi connectivity index (χ2v) is 7.66. The van der Waals surface area contributed by atoms with Crippen LogP contribution >= 0.6 is 0 Å². The Kier molecular flexibility index (Phi) is 7.57. The van der Waals surface area contributed by atoms with Crippen LogP contribution in [-0.4, -0.2) is 53.2 Å². The smallest absolute Gasteiger partial charge is 0.410 e. The molecule has 26 heavy (non-hydrogen) atoms. The molecule has 1 unspecified atom stereocenters. The SMILES string of the molecule is CC(C)(C)OC(=O)N1CCCCC1CCCOCC(=O)c1ccccn1. The van der Waals surface area contributed by atoms with Gasteiger partial charge in [-0.25, -0.2) is 4.79 Å². The van der Waals surface area contributed by atoms with Gasteiger partial charge in [-0.05, 0) is 65.0 Å². The summed E-state index contributed by atoms with van der Waals surface area (Å²) in [6, 6.07) is 5.44. The number of ketones is 1. The van der Waals surface area contributed by atoms with Gasteiger partial charge < -0.3 is 14.4 Å². The third-order valence-corrected chi connectivity index (χ3v) is 4.26. The molecule has 144 valence electrons. The van der Waals surface area contributed by atoms with Gasteiger partial charge in [0.1, 0.15) is 17.9 Å². The van der Waals surface area contributed by atoms with Crippen molar-refractivity contribution < 1.29 is 19.1 Å². The van der Waals surface area contributed by atoms with Gasteiger partial charge in [-0.2, -0.15) is 0 Å². The topological polar surface area (TPSA) is 68.7 Å². The third-order valence-electron chi connectivity index (χ3n) is 4.26. The number of aromatic nitrogens is 1. The molecule has 6 nitrogen and oxygen atoms in total. The largest absolute Gasteiger partial charge is 0.444 e. The van der Waals surface area contributed by atoms with E-state index in [0.717, 1.165) is 38.6 Å². The molecule has 1 amide bonds. The number of carbonyl (C=O) groups is 2. The highest BCUT2D eigenvalue weighted by molar-refractivity contribution is 5.95. The van der Waals surface area contributed by atoms with E-state index in [1.165, 1.54) is 0 Å². The number of likely N-dealkylation sites (tertiary alicyclic amines) is 1. The zero-order valence-electron chi connectivity index (χ0n) is 16.1. The lowest BCUT2D eigenvalue weighted by atomic mass is 9.98. The molecule has 2 rings (SSSR count). The van der Waals surface area contributed by atoms with Crippen molar-refractivity contribution in [3.05, 3.63) is 30.1 Å². The Labute approximate surface area is 155 Å². The maximum Gasteiger partial charge on any atom is 0.410 e. The van der Waals surface area contributed by atoms with Crippen LogP contribution in [0.4, 0.5) is 4.79 Å². The average molecular weight is 362 g/mol. The Morgan fingerprint density at radius 3 is 2.77 bits per heavy atom. The number of pyridine rings is 1. The van der Waals surface area contributed by atoms with Gasteiger partial charge in [0.05, 0.1) is 0 Å². The molecule has 1 atom stereocenters. The number of amides is 1. The number of nitrogens with zero attached hydrogens (tertiary/aromatic N) is 2. The first-order valence-electron chi connectivity index (χ1n) is 9.38. The van der Waals surface area contributed by atoms with Crippen LogP contribution in [-0.2, 0) is 9.47 Å². The molecular weight excluding hydrogens is 332 g/mol. The van der Waals surface area contributed by atoms with Crippen molar-refractivity contribution in [3.63, 3.8) is 0 Å². The van der Waals surface area contributed by atoms with Crippen molar-refractivity contribution in [1.82, 2.24) is 9.88 Å². The molecule has 1 aromatic heterocycles. The molecule has 0 aliphatic carbocycles. The molecule has 1 saturated heterocycles. The molecule has 6 heteroatoms. The van der Waals surface area contributed by atoms with Crippen LogP contribution in [0.1, 0.15) is 63.4 Å². The summed E-state index contributed by atoms with van der Waals surface area (Å²) in [5.41, 5.74) is -0.0514. The number of Topliss-reactive ketones (excluding diaryl/α,β-unsaturated/α-hetero) is 1. The second-order valence-electron chi connectivity index (χ2n) is 7.66. The Morgan fingerprint density at radius 2 is 2.08 bits per heavy atom. The highest BCUT2D eigenvalue weighted by atomic mass is 16.6. The van der Waals surface area contributed by atoms with Crippen molar-refractivity contribution in [1.29, 1.82) is 0 Å². The second kappa shape index (κ2) is 9.67. The van der Waals surface area contributed by atoms with Crippen molar-refractivity contribution >= 4 is 11.9 Å². The lowest BCUT2D eigenvalue weighted by Crippen LogP contribution is -2.46. The normalized spacial score (nSPS) is 17.8. The summed E-state index contributed by atoms with van der Waals surface area (Å²) in [5, 5.41) is 0. The molecule has 0 radical (unpaired) electrons. The van der Waals surface area contributed by atoms with Crippen LogP contribution in [0.5, 0.6) is 0 Å². The van der Waals surface area contributed by atoms with E-state index in [0.29, 0.717) is 12.3 Å². The highest BCUT2D eigenvalue weighted by Crippen LogP contribution is 2.23. The summed E-state index contributed by atoms with van der Waals surface area (Å²) >= 11 is 0. The first-order valence-corrected chi connectivity index (χ1v) is 9.38. The van der Waals surface area contributed by atoms with Gasteiger partial charge in [0, 0.05) is 25.4 Å². The first-order chi connectivity index (χ1) is 12.4. The monoisotopic (exact) mass is 362 g/mol.